The molecule has 0 unspecified atom stereocenters. The van der Waals surface area contributed by atoms with E-state index in [0.29, 0.717) is 5.46 Å². The summed E-state index contributed by atoms with van der Waals surface area (Å²) in [5, 5.41) is 0. The molecule has 15 heavy (non-hydrogen) atoms. The molecule has 1 amide bonds. The lowest BCUT2D eigenvalue weighted by atomic mass is 9.99. The molecular formula is C9H7BF2N2O. The molecule has 0 bridgehead atoms. The molecule has 1 aliphatic rings. The number of hydrogen-bond donors (Lipinski definition) is 0. The molecule has 0 aromatic carbocycles. The van der Waals surface area contributed by atoms with E-state index in [0.717, 1.165) is 4.90 Å². The third kappa shape index (κ3) is 1.71. The molecule has 2 heterocycles. The molecule has 2 radical (unpaired) electrons. The van der Waals surface area contributed by atoms with Gasteiger partial charge in [-0.15, -0.1) is 0 Å². The Balaban J connectivity index is 2.27. The normalized spacial score (nSPS) is 19.6. The standard InChI is InChI=1S/C9H7BF2N2O/c10-6-1-2-7(13-5-6)14-4-3-9(11,12)8(14)15/h1-2,5H,3-4H2. The minimum absolute atomic E-state index is 0.0112. The van der Waals surface area contributed by atoms with Gasteiger partial charge in [0.05, 0.1) is 0 Å². The van der Waals surface area contributed by atoms with E-state index in [1.807, 2.05) is 0 Å². The predicted molar refractivity (Wildman–Crippen MR) is 51.5 cm³/mol. The molecule has 0 aliphatic carbocycles. The Labute approximate surface area is 86.5 Å². The van der Waals surface area contributed by atoms with Crippen molar-refractivity contribution in [3.63, 3.8) is 0 Å². The number of hydrogen-bond acceptors (Lipinski definition) is 2. The van der Waals surface area contributed by atoms with E-state index in [-0.39, 0.29) is 12.4 Å². The summed E-state index contributed by atoms with van der Waals surface area (Å²) in [6.07, 6.45) is 0.872. The van der Waals surface area contributed by atoms with Crippen molar-refractivity contribution in [2.45, 2.75) is 12.3 Å². The summed E-state index contributed by atoms with van der Waals surface area (Å²) in [6, 6.07) is 2.97. The van der Waals surface area contributed by atoms with Crippen molar-refractivity contribution in [3.05, 3.63) is 18.3 Å². The van der Waals surface area contributed by atoms with Crippen molar-refractivity contribution in [2.24, 2.45) is 0 Å². The predicted octanol–water partition coefficient (Wildman–Crippen LogP) is 0.247. The van der Waals surface area contributed by atoms with Crippen LogP contribution in [-0.4, -0.2) is 31.2 Å². The van der Waals surface area contributed by atoms with Crippen LogP contribution < -0.4 is 10.4 Å². The zero-order valence-corrected chi connectivity index (χ0v) is 7.78. The fraction of sp³-hybridized carbons (Fsp3) is 0.333. The van der Waals surface area contributed by atoms with Gasteiger partial charge in [-0.3, -0.25) is 9.69 Å². The first-order valence-corrected chi connectivity index (χ1v) is 4.42. The Morgan fingerprint density at radius 3 is 2.67 bits per heavy atom. The summed E-state index contributed by atoms with van der Waals surface area (Å²) < 4.78 is 25.8. The van der Waals surface area contributed by atoms with Crippen LogP contribution in [0.3, 0.4) is 0 Å². The van der Waals surface area contributed by atoms with Crippen LogP contribution in [0.5, 0.6) is 0 Å². The van der Waals surface area contributed by atoms with Crippen LogP contribution in [0.1, 0.15) is 6.42 Å². The van der Waals surface area contributed by atoms with Gasteiger partial charge in [0.15, 0.2) is 0 Å². The molecule has 2 rings (SSSR count). The van der Waals surface area contributed by atoms with Crippen molar-refractivity contribution in [1.29, 1.82) is 0 Å². The highest BCUT2D eigenvalue weighted by atomic mass is 19.3. The van der Waals surface area contributed by atoms with Crippen LogP contribution in [0, 0.1) is 0 Å². The topological polar surface area (TPSA) is 33.2 Å². The molecule has 3 nitrogen and oxygen atoms in total. The van der Waals surface area contributed by atoms with Crippen molar-refractivity contribution in [3.8, 4) is 0 Å². The quantitative estimate of drug-likeness (QED) is 0.619. The number of rotatable bonds is 1. The number of carbonyl (C=O) groups excluding carboxylic acids is 1. The smallest absolute Gasteiger partial charge is 0.291 e. The average molecular weight is 208 g/mol. The van der Waals surface area contributed by atoms with Crippen molar-refractivity contribution < 1.29 is 13.6 Å². The Bertz CT molecular complexity index is 394. The van der Waals surface area contributed by atoms with Crippen molar-refractivity contribution >= 4 is 25.0 Å². The third-order valence-electron chi connectivity index (χ3n) is 2.25. The molecule has 1 aromatic rings. The van der Waals surface area contributed by atoms with Gasteiger partial charge in [0, 0.05) is 19.2 Å². The third-order valence-corrected chi connectivity index (χ3v) is 2.25. The van der Waals surface area contributed by atoms with Gasteiger partial charge in [-0.1, -0.05) is 11.5 Å². The minimum Gasteiger partial charge on any atom is -0.291 e. The summed E-state index contributed by atoms with van der Waals surface area (Å²) in [7, 11) is 5.40. The Morgan fingerprint density at radius 1 is 1.47 bits per heavy atom. The summed E-state index contributed by atoms with van der Waals surface area (Å²) in [5.74, 6) is -4.24. The molecule has 6 heteroatoms. The van der Waals surface area contributed by atoms with Gasteiger partial charge in [0.2, 0.25) is 0 Å². The van der Waals surface area contributed by atoms with Gasteiger partial charge >= 0.3 is 5.92 Å². The molecule has 1 saturated heterocycles. The first kappa shape index (κ1) is 10.1. The molecule has 1 fully saturated rings. The monoisotopic (exact) mass is 208 g/mol. The van der Waals surface area contributed by atoms with Gasteiger partial charge in [-0.2, -0.15) is 8.78 Å². The number of aromatic nitrogens is 1. The average Bonchev–Trinajstić information content (AvgIpc) is 2.45. The molecule has 0 saturated carbocycles. The summed E-state index contributed by atoms with van der Waals surface area (Å²) in [5.41, 5.74) is 0.428. The Hall–Kier alpha value is -1.46. The second-order valence-electron chi connectivity index (χ2n) is 3.36. The highest BCUT2D eigenvalue weighted by Crippen LogP contribution is 2.30. The second-order valence-corrected chi connectivity index (χ2v) is 3.36. The van der Waals surface area contributed by atoms with Crippen molar-refractivity contribution in [2.75, 3.05) is 11.4 Å². The summed E-state index contributed by atoms with van der Waals surface area (Å²) in [4.78, 5) is 16.0. The van der Waals surface area contributed by atoms with E-state index in [2.05, 4.69) is 4.98 Å². The number of halogens is 2. The fourth-order valence-corrected chi connectivity index (χ4v) is 1.43. The maximum absolute atomic E-state index is 12.9. The largest absolute Gasteiger partial charge is 0.326 e. The second kappa shape index (κ2) is 3.29. The van der Waals surface area contributed by atoms with Gasteiger partial charge in [-0.05, 0) is 6.07 Å². The van der Waals surface area contributed by atoms with E-state index in [1.54, 1.807) is 0 Å². The number of carbonyl (C=O) groups is 1. The first-order chi connectivity index (χ1) is 7.00. The van der Waals surface area contributed by atoms with Gasteiger partial charge in [-0.25, -0.2) is 4.98 Å². The van der Waals surface area contributed by atoms with Crippen LogP contribution >= 0.6 is 0 Å². The lowest BCUT2D eigenvalue weighted by molar-refractivity contribution is -0.137. The maximum Gasteiger partial charge on any atom is 0.326 e. The molecule has 0 spiro atoms. The number of nitrogens with zero attached hydrogens (tertiary/aromatic N) is 2. The molecule has 76 valence electrons. The number of anilines is 1. The van der Waals surface area contributed by atoms with E-state index in [1.165, 1.54) is 18.3 Å². The van der Waals surface area contributed by atoms with Crippen LogP contribution in [0.4, 0.5) is 14.6 Å². The van der Waals surface area contributed by atoms with Crippen LogP contribution in [-0.2, 0) is 4.79 Å². The zero-order chi connectivity index (χ0) is 11.1. The lowest BCUT2D eigenvalue weighted by Crippen LogP contribution is -2.33. The first-order valence-electron chi connectivity index (χ1n) is 4.42. The molecular weight excluding hydrogens is 201 g/mol. The zero-order valence-electron chi connectivity index (χ0n) is 7.78. The van der Waals surface area contributed by atoms with Gasteiger partial charge < -0.3 is 0 Å². The number of amides is 1. The van der Waals surface area contributed by atoms with Crippen LogP contribution in [0.25, 0.3) is 0 Å². The molecule has 0 atom stereocenters. The van der Waals surface area contributed by atoms with Crippen LogP contribution in [0.2, 0.25) is 0 Å². The lowest BCUT2D eigenvalue weighted by Gasteiger charge is -2.14. The summed E-state index contributed by atoms with van der Waals surface area (Å²) in [6.45, 7) is -0.0112. The Kier molecular flexibility index (Phi) is 2.21. The van der Waals surface area contributed by atoms with Gasteiger partial charge in [0.1, 0.15) is 13.7 Å². The highest BCUT2D eigenvalue weighted by Gasteiger charge is 2.48. The Morgan fingerprint density at radius 2 is 2.20 bits per heavy atom. The highest BCUT2D eigenvalue weighted by molar-refractivity contribution is 6.32. The van der Waals surface area contributed by atoms with E-state index in [9.17, 15) is 13.6 Å². The minimum atomic E-state index is -3.26. The van der Waals surface area contributed by atoms with E-state index in [4.69, 9.17) is 7.85 Å². The molecule has 1 aromatic heterocycles. The SMILES string of the molecule is [B]c1ccc(N2CCC(F)(F)C2=O)nc1. The molecule has 1 aliphatic heterocycles. The maximum atomic E-state index is 12.9. The fourth-order valence-electron chi connectivity index (χ4n) is 1.43. The van der Waals surface area contributed by atoms with Gasteiger partial charge in [0.25, 0.3) is 5.91 Å². The summed E-state index contributed by atoms with van der Waals surface area (Å²) >= 11 is 0. The van der Waals surface area contributed by atoms with Crippen LogP contribution in [0.15, 0.2) is 18.3 Å². The number of alkyl halides is 2. The molecule has 0 N–H and O–H groups in total. The van der Waals surface area contributed by atoms with Crippen molar-refractivity contribution in [1.82, 2.24) is 4.98 Å². The van der Waals surface area contributed by atoms with E-state index >= 15 is 0 Å². The van der Waals surface area contributed by atoms with E-state index < -0.39 is 18.3 Å². The number of pyridine rings is 1.